The van der Waals surface area contributed by atoms with Gasteiger partial charge in [-0.15, -0.1) is 0 Å². The maximum absolute atomic E-state index is 5.28. The third-order valence-corrected chi connectivity index (χ3v) is 2.38. The van der Waals surface area contributed by atoms with Crippen LogP contribution in [0.2, 0.25) is 0 Å². The Morgan fingerprint density at radius 1 is 1.38 bits per heavy atom. The van der Waals surface area contributed by atoms with Crippen molar-refractivity contribution in [3.63, 3.8) is 0 Å². The monoisotopic (exact) mass is 175 g/mol. The van der Waals surface area contributed by atoms with Crippen molar-refractivity contribution in [2.24, 2.45) is 0 Å². The molecule has 0 saturated heterocycles. The van der Waals surface area contributed by atoms with E-state index in [1.165, 1.54) is 11.1 Å². The van der Waals surface area contributed by atoms with E-state index in [1.807, 2.05) is 24.4 Å². The zero-order valence-electron chi connectivity index (χ0n) is 7.87. The van der Waals surface area contributed by atoms with Gasteiger partial charge in [0.2, 0.25) is 0 Å². The van der Waals surface area contributed by atoms with Crippen LogP contribution in [0, 0.1) is 0 Å². The zero-order valence-corrected chi connectivity index (χ0v) is 7.87. The van der Waals surface area contributed by atoms with Crippen LogP contribution in [0.25, 0.3) is 6.08 Å². The summed E-state index contributed by atoms with van der Waals surface area (Å²) in [5, 5.41) is 3.25. The normalized spacial score (nSPS) is 19.1. The Hall–Kier alpha value is -1.44. The highest BCUT2D eigenvalue weighted by Gasteiger charge is 2.14. The van der Waals surface area contributed by atoms with Crippen LogP contribution in [0.3, 0.4) is 0 Å². The van der Waals surface area contributed by atoms with Gasteiger partial charge in [-0.25, -0.2) is 0 Å². The third kappa shape index (κ3) is 1.28. The van der Waals surface area contributed by atoms with Gasteiger partial charge in [0.05, 0.1) is 7.11 Å². The van der Waals surface area contributed by atoms with E-state index in [4.69, 9.17) is 4.74 Å². The van der Waals surface area contributed by atoms with Gasteiger partial charge in [0.25, 0.3) is 0 Å². The summed E-state index contributed by atoms with van der Waals surface area (Å²) >= 11 is 0. The van der Waals surface area contributed by atoms with Crippen molar-refractivity contribution in [1.29, 1.82) is 0 Å². The molecule has 2 nitrogen and oxygen atoms in total. The summed E-state index contributed by atoms with van der Waals surface area (Å²) < 4.78 is 5.28. The molecule has 13 heavy (non-hydrogen) atoms. The Morgan fingerprint density at radius 3 is 3.00 bits per heavy atom. The summed E-state index contributed by atoms with van der Waals surface area (Å²) in [6, 6.07) is 6.50. The first-order valence-corrected chi connectivity index (χ1v) is 4.42. The van der Waals surface area contributed by atoms with Crippen molar-refractivity contribution in [3.05, 3.63) is 35.5 Å². The number of nitrogens with one attached hydrogen (secondary N) is 1. The van der Waals surface area contributed by atoms with Gasteiger partial charge < -0.3 is 10.1 Å². The van der Waals surface area contributed by atoms with Gasteiger partial charge in [-0.1, -0.05) is 12.1 Å². The second-order valence-electron chi connectivity index (χ2n) is 3.18. The Morgan fingerprint density at radius 2 is 2.23 bits per heavy atom. The minimum absolute atomic E-state index is 0.370. The maximum atomic E-state index is 5.28. The quantitative estimate of drug-likeness (QED) is 0.707. The number of methoxy groups -OCH3 is 1. The molecule has 0 aliphatic carbocycles. The molecule has 1 aliphatic heterocycles. The van der Waals surface area contributed by atoms with Crippen LogP contribution >= 0.6 is 0 Å². The fourth-order valence-corrected chi connectivity index (χ4v) is 1.66. The number of hydrogen-bond acceptors (Lipinski definition) is 2. The Kier molecular flexibility index (Phi) is 1.97. The Bertz CT molecular complexity index is 344. The van der Waals surface area contributed by atoms with Gasteiger partial charge >= 0.3 is 0 Å². The first kappa shape index (κ1) is 8.17. The molecule has 1 N–H and O–H groups in total. The molecule has 68 valence electrons. The largest absolute Gasteiger partial charge is 0.496 e. The van der Waals surface area contributed by atoms with E-state index >= 15 is 0 Å². The molecule has 1 unspecified atom stereocenters. The lowest BCUT2D eigenvalue weighted by Gasteiger charge is -2.21. The lowest BCUT2D eigenvalue weighted by atomic mass is 9.98. The van der Waals surface area contributed by atoms with Crippen LogP contribution in [-0.4, -0.2) is 7.11 Å². The summed E-state index contributed by atoms with van der Waals surface area (Å²) in [4.78, 5) is 0. The number of ether oxygens (including phenoxy) is 1. The lowest BCUT2D eigenvalue weighted by molar-refractivity contribution is 0.412. The summed E-state index contributed by atoms with van der Waals surface area (Å²) in [5.74, 6) is 0.946. The van der Waals surface area contributed by atoms with Crippen molar-refractivity contribution < 1.29 is 4.74 Å². The highest BCUT2D eigenvalue weighted by Crippen LogP contribution is 2.30. The first-order chi connectivity index (χ1) is 6.33. The van der Waals surface area contributed by atoms with E-state index in [9.17, 15) is 0 Å². The van der Waals surface area contributed by atoms with Gasteiger partial charge in [0.1, 0.15) is 5.75 Å². The molecule has 0 bridgehead atoms. The van der Waals surface area contributed by atoms with E-state index in [-0.39, 0.29) is 0 Å². The van der Waals surface area contributed by atoms with E-state index in [0.717, 1.165) is 5.75 Å². The van der Waals surface area contributed by atoms with Crippen molar-refractivity contribution in [1.82, 2.24) is 5.32 Å². The van der Waals surface area contributed by atoms with E-state index in [1.54, 1.807) is 7.11 Å². The van der Waals surface area contributed by atoms with Crippen LogP contribution in [0.1, 0.15) is 24.1 Å². The molecule has 0 fully saturated rings. The Labute approximate surface area is 78.2 Å². The standard InChI is InChI=1S/C11H13NO/c1-8-9-4-3-5-11(13-2)10(9)6-7-12-8/h3-8,12H,1-2H3. The van der Waals surface area contributed by atoms with E-state index in [2.05, 4.69) is 18.3 Å². The second kappa shape index (κ2) is 3.13. The second-order valence-corrected chi connectivity index (χ2v) is 3.18. The molecule has 0 spiro atoms. The molecular formula is C11H13NO. The molecule has 2 heteroatoms. The highest BCUT2D eigenvalue weighted by atomic mass is 16.5. The van der Waals surface area contributed by atoms with Crippen LogP contribution in [0.5, 0.6) is 5.75 Å². The predicted octanol–water partition coefficient (Wildman–Crippen LogP) is 2.33. The van der Waals surface area contributed by atoms with Crippen LogP contribution in [-0.2, 0) is 0 Å². The molecule has 0 aromatic heterocycles. The molecule has 1 atom stereocenters. The van der Waals surface area contributed by atoms with Crippen LogP contribution < -0.4 is 10.1 Å². The molecule has 2 rings (SSSR count). The van der Waals surface area contributed by atoms with Gasteiger partial charge in [-0.3, -0.25) is 0 Å². The Balaban J connectivity index is 2.56. The molecule has 1 aliphatic rings. The summed E-state index contributed by atoms with van der Waals surface area (Å²) in [6.45, 7) is 2.14. The molecule has 1 heterocycles. The zero-order chi connectivity index (χ0) is 9.26. The lowest BCUT2D eigenvalue weighted by Crippen LogP contribution is -2.16. The number of hydrogen-bond donors (Lipinski definition) is 1. The van der Waals surface area contributed by atoms with Crippen molar-refractivity contribution in [2.45, 2.75) is 13.0 Å². The summed E-state index contributed by atoms with van der Waals surface area (Å²) in [5.41, 5.74) is 2.48. The summed E-state index contributed by atoms with van der Waals surface area (Å²) in [7, 11) is 1.70. The van der Waals surface area contributed by atoms with Crippen LogP contribution in [0.15, 0.2) is 24.4 Å². The van der Waals surface area contributed by atoms with Gasteiger partial charge in [0, 0.05) is 11.6 Å². The third-order valence-electron chi connectivity index (χ3n) is 2.38. The average molecular weight is 175 g/mol. The number of benzene rings is 1. The molecule has 0 amide bonds. The predicted molar refractivity (Wildman–Crippen MR) is 53.6 cm³/mol. The highest BCUT2D eigenvalue weighted by molar-refractivity contribution is 5.63. The van der Waals surface area contributed by atoms with E-state index < -0.39 is 0 Å². The van der Waals surface area contributed by atoms with E-state index in [0.29, 0.717) is 6.04 Å². The minimum atomic E-state index is 0.370. The maximum Gasteiger partial charge on any atom is 0.126 e. The van der Waals surface area contributed by atoms with Gasteiger partial charge in [0.15, 0.2) is 0 Å². The van der Waals surface area contributed by atoms with Crippen molar-refractivity contribution in [3.8, 4) is 5.75 Å². The molecule has 1 aromatic carbocycles. The van der Waals surface area contributed by atoms with Crippen molar-refractivity contribution >= 4 is 6.08 Å². The van der Waals surface area contributed by atoms with Crippen molar-refractivity contribution in [2.75, 3.05) is 7.11 Å². The first-order valence-electron chi connectivity index (χ1n) is 4.42. The molecule has 0 saturated carbocycles. The smallest absolute Gasteiger partial charge is 0.126 e. The molecular weight excluding hydrogens is 162 g/mol. The van der Waals surface area contributed by atoms with Gasteiger partial charge in [-0.05, 0) is 30.8 Å². The topological polar surface area (TPSA) is 21.3 Å². The fraction of sp³-hybridized carbons (Fsp3) is 0.273. The SMILES string of the molecule is COc1cccc2c1C=CNC2C. The summed E-state index contributed by atoms with van der Waals surface area (Å²) in [6.07, 6.45) is 4.02. The average Bonchev–Trinajstić information content (AvgIpc) is 2.18. The number of fused-ring (bicyclic) bond motifs is 1. The number of rotatable bonds is 1. The fourth-order valence-electron chi connectivity index (χ4n) is 1.66. The minimum Gasteiger partial charge on any atom is -0.496 e. The molecule has 1 aromatic rings. The van der Waals surface area contributed by atoms with Gasteiger partial charge in [-0.2, -0.15) is 0 Å². The van der Waals surface area contributed by atoms with Crippen LogP contribution in [0.4, 0.5) is 0 Å². The molecule has 0 radical (unpaired) electrons.